The van der Waals surface area contributed by atoms with Crippen molar-refractivity contribution in [2.45, 2.75) is 38.6 Å². The number of pyridine rings is 1. The zero-order chi connectivity index (χ0) is 22.8. The molecule has 0 aliphatic carbocycles. The Kier molecular flexibility index (Phi) is 6.27. The van der Waals surface area contributed by atoms with Gasteiger partial charge in [-0.25, -0.2) is 19.2 Å². The van der Waals surface area contributed by atoms with Gasteiger partial charge in [0.1, 0.15) is 11.2 Å². The normalized spacial score (nSPS) is 15.2. The fraction of sp³-hybridized carbons (Fsp3) is 0.391. The highest BCUT2D eigenvalue weighted by Gasteiger charge is 2.25. The van der Waals surface area contributed by atoms with E-state index in [0.29, 0.717) is 55.7 Å². The Morgan fingerprint density at radius 1 is 1.22 bits per heavy atom. The maximum atomic E-state index is 14.6. The first kappa shape index (κ1) is 22.0. The van der Waals surface area contributed by atoms with Gasteiger partial charge in [-0.15, -0.1) is 0 Å². The molecule has 0 radical (unpaired) electrons. The van der Waals surface area contributed by atoms with Crippen LogP contribution in [0.4, 0.5) is 8.78 Å². The van der Waals surface area contributed by atoms with Gasteiger partial charge >= 0.3 is 5.97 Å². The van der Waals surface area contributed by atoms with Gasteiger partial charge in [-0.05, 0) is 62.0 Å². The van der Waals surface area contributed by atoms with Crippen molar-refractivity contribution in [1.82, 2.24) is 19.9 Å². The lowest BCUT2D eigenvalue weighted by Crippen LogP contribution is -2.33. The highest BCUT2D eigenvalue weighted by molar-refractivity contribution is 5.87. The number of hydrogen-bond acceptors (Lipinski definition) is 6. The number of aromatic amines is 1. The van der Waals surface area contributed by atoms with Crippen molar-refractivity contribution in [3.05, 3.63) is 68.9 Å². The fourth-order valence-corrected chi connectivity index (χ4v) is 4.20. The average Bonchev–Trinajstić information content (AvgIpc) is 2.78. The number of piperidine rings is 1. The van der Waals surface area contributed by atoms with Crippen LogP contribution in [0.5, 0.6) is 0 Å². The van der Waals surface area contributed by atoms with Crippen molar-refractivity contribution in [2.24, 2.45) is 0 Å². The molecular formula is C23H24F2N4O3. The van der Waals surface area contributed by atoms with E-state index in [9.17, 15) is 18.4 Å². The van der Waals surface area contributed by atoms with Crippen LogP contribution < -0.4 is 5.56 Å². The van der Waals surface area contributed by atoms with Gasteiger partial charge in [0.25, 0.3) is 5.56 Å². The Morgan fingerprint density at radius 2 is 1.97 bits per heavy atom. The maximum absolute atomic E-state index is 14.6. The molecule has 1 N–H and O–H groups in total. The highest BCUT2D eigenvalue weighted by Crippen LogP contribution is 2.30. The summed E-state index contributed by atoms with van der Waals surface area (Å²) in [6.07, 6.45) is 1.86. The van der Waals surface area contributed by atoms with E-state index in [-0.39, 0.29) is 22.7 Å². The third-order valence-corrected chi connectivity index (χ3v) is 5.92. The predicted octanol–water partition coefficient (Wildman–Crippen LogP) is 3.32. The number of esters is 1. The van der Waals surface area contributed by atoms with Gasteiger partial charge < -0.3 is 9.72 Å². The van der Waals surface area contributed by atoms with Gasteiger partial charge in [0.2, 0.25) is 5.95 Å². The summed E-state index contributed by atoms with van der Waals surface area (Å²) in [5.74, 6) is -1.79. The number of likely N-dealkylation sites (tertiary alicyclic amines) is 1. The third-order valence-electron chi connectivity index (χ3n) is 5.92. The number of aryl methyl sites for hydroxylation is 1. The minimum atomic E-state index is -0.671. The van der Waals surface area contributed by atoms with E-state index in [1.165, 1.54) is 19.2 Å². The second kappa shape index (κ2) is 9.12. The number of H-pyrrole nitrogens is 1. The van der Waals surface area contributed by atoms with E-state index >= 15 is 0 Å². The van der Waals surface area contributed by atoms with Crippen molar-refractivity contribution < 1.29 is 18.3 Å². The zero-order valence-corrected chi connectivity index (χ0v) is 18.0. The number of rotatable bonds is 5. The van der Waals surface area contributed by atoms with Crippen molar-refractivity contribution in [3.8, 4) is 0 Å². The molecule has 3 aromatic rings. The fourth-order valence-electron chi connectivity index (χ4n) is 4.20. The lowest BCUT2D eigenvalue weighted by molar-refractivity contribution is 0.0592. The van der Waals surface area contributed by atoms with Crippen LogP contribution >= 0.6 is 0 Å². The molecule has 1 saturated heterocycles. The van der Waals surface area contributed by atoms with Crippen LogP contribution in [0, 0.1) is 11.8 Å². The van der Waals surface area contributed by atoms with Gasteiger partial charge in [0.05, 0.1) is 12.6 Å². The largest absolute Gasteiger partial charge is 0.464 e. The standard InChI is InChI=1S/C23H24F2N4O3/c1-3-17-22(30)28-19-11-13(10-16(24)20(19)26-17)12-29-8-6-14(7-9-29)15-4-5-18(23(31)32-2)27-21(15)25/h4-5,10-11,14H,3,6-9,12H2,1-2H3,(H,28,30). The van der Waals surface area contributed by atoms with E-state index in [1.807, 2.05) is 0 Å². The van der Waals surface area contributed by atoms with Gasteiger partial charge in [0, 0.05) is 12.1 Å². The molecule has 9 heteroatoms. The molecule has 0 spiro atoms. The molecule has 168 valence electrons. The minimum absolute atomic E-state index is 0.00759. The Labute approximate surface area is 183 Å². The van der Waals surface area contributed by atoms with Crippen molar-refractivity contribution in [1.29, 1.82) is 0 Å². The van der Waals surface area contributed by atoms with Gasteiger partial charge in [-0.1, -0.05) is 13.0 Å². The lowest BCUT2D eigenvalue weighted by atomic mass is 9.90. The molecule has 3 heterocycles. The van der Waals surface area contributed by atoms with Crippen LogP contribution in [-0.4, -0.2) is 46.0 Å². The van der Waals surface area contributed by atoms with Crippen LogP contribution in [0.3, 0.4) is 0 Å². The Hall–Kier alpha value is -3.20. The third kappa shape index (κ3) is 4.38. The van der Waals surface area contributed by atoms with Crippen LogP contribution in [0.15, 0.2) is 29.1 Å². The zero-order valence-electron chi connectivity index (χ0n) is 18.0. The van der Waals surface area contributed by atoms with E-state index < -0.39 is 17.7 Å². The maximum Gasteiger partial charge on any atom is 0.356 e. The average molecular weight is 442 g/mol. The SMILES string of the molecule is CCc1nc2c(F)cc(CN3CCC(c4ccc(C(=O)OC)nc4F)CC3)cc2[nH]c1=O. The number of halogens is 2. The Balaban J connectivity index is 1.45. The molecule has 32 heavy (non-hydrogen) atoms. The van der Waals surface area contributed by atoms with Crippen molar-refractivity contribution >= 4 is 17.0 Å². The van der Waals surface area contributed by atoms with Gasteiger partial charge in [0.15, 0.2) is 11.5 Å². The number of ether oxygens (including phenoxy) is 1. The number of nitrogens with zero attached hydrogens (tertiary/aromatic N) is 3. The summed E-state index contributed by atoms with van der Waals surface area (Å²) in [5, 5.41) is 0. The van der Waals surface area contributed by atoms with E-state index in [0.717, 1.165) is 5.56 Å². The van der Waals surface area contributed by atoms with Crippen LogP contribution in [0.1, 0.15) is 53.0 Å². The van der Waals surface area contributed by atoms with E-state index in [1.54, 1.807) is 19.1 Å². The number of benzene rings is 1. The molecule has 0 atom stereocenters. The Bertz CT molecular complexity index is 1220. The summed E-state index contributed by atoms with van der Waals surface area (Å²) >= 11 is 0. The summed E-state index contributed by atoms with van der Waals surface area (Å²) in [7, 11) is 1.23. The number of nitrogens with one attached hydrogen (secondary N) is 1. The predicted molar refractivity (Wildman–Crippen MR) is 114 cm³/mol. The molecular weight excluding hydrogens is 418 g/mol. The number of hydrogen-bond donors (Lipinski definition) is 1. The smallest absolute Gasteiger partial charge is 0.356 e. The van der Waals surface area contributed by atoms with Crippen LogP contribution in [0.2, 0.25) is 0 Å². The van der Waals surface area contributed by atoms with Crippen molar-refractivity contribution in [3.63, 3.8) is 0 Å². The summed E-state index contributed by atoms with van der Waals surface area (Å²) in [6, 6.07) is 6.29. The summed E-state index contributed by atoms with van der Waals surface area (Å²) < 4.78 is 33.6. The summed E-state index contributed by atoms with van der Waals surface area (Å²) in [6.45, 7) is 3.71. The quantitative estimate of drug-likeness (QED) is 0.482. The molecule has 0 unspecified atom stereocenters. The van der Waals surface area contributed by atoms with Crippen molar-refractivity contribution in [2.75, 3.05) is 20.2 Å². The first-order valence-corrected chi connectivity index (χ1v) is 10.6. The molecule has 0 saturated carbocycles. The van der Waals surface area contributed by atoms with E-state index in [4.69, 9.17) is 0 Å². The minimum Gasteiger partial charge on any atom is -0.464 e. The molecule has 7 nitrogen and oxygen atoms in total. The van der Waals surface area contributed by atoms with E-state index in [2.05, 4.69) is 24.6 Å². The highest BCUT2D eigenvalue weighted by atomic mass is 19.1. The molecule has 0 bridgehead atoms. The number of carbonyl (C=O) groups is 1. The molecule has 0 amide bonds. The monoisotopic (exact) mass is 442 g/mol. The summed E-state index contributed by atoms with van der Waals surface area (Å²) in [5.41, 5.74) is 1.75. The number of methoxy groups -OCH3 is 1. The second-order valence-electron chi connectivity index (χ2n) is 7.96. The Morgan fingerprint density at radius 3 is 2.62 bits per heavy atom. The number of fused-ring (bicyclic) bond motifs is 1. The number of aromatic nitrogens is 3. The van der Waals surface area contributed by atoms with Gasteiger partial charge in [-0.2, -0.15) is 4.39 Å². The molecule has 1 aromatic carbocycles. The van der Waals surface area contributed by atoms with Crippen LogP contribution in [-0.2, 0) is 17.7 Å². The molecule has 2 aromatic heterocycles. The van der Waals surface area contributed by atoms with Gasteiger partial charge in [-0.3, -0.25) is 9.69 Å². The molecule has 1 aliphatic heterocycles. The molecule has 4 rings (SSSR count). The second-order valence-corrected chi connectivity index (χ2v) is 7.96. The molecule has 1 aliphatic rings. The first-order chi connectivity index (χ1) is 15.4. The first-order valence-electron chi connectivity index (χ1n) is 10.6. The lowest BCUT2D eigenvalue weighted by Gasteiger charge is -2.32. The topological polar surface area (TPSA) is 88.2 Å². The molecule has 1 fully saturated rings. The van der Waals surface area contributed by atoms with Crippen LogP contribution in [0.25, 0.3) is 11.0 Å². The number of carbonyl (C=O) groups excluding carboxylic acids is 1. The summed E-state index contributed by atoms with van der Waals surface area (Å²) in [4.78, 5) is 36.3.